The first-order chi connectivity index (χ1) is 16.2. The van der Waals surface area contributed by atoms with Gasteiger partial charge in [0.25, 0.3) is 0 Å². The zero-order valence-electron chi connectivity index (χ0n) is 19.2. The highest BCUT2D eigenvalue weighted by molar-refractivity contribution is 7.10. The Labute approximate surface area is 201 Å². The summed E-state index contributed by atoms with van der Waals surface area (Å²) in [4.78, 5) is 25.7. The van der Waals surface area contributed by atoms with E-state index >= 15 is 0 Å². The van der Waals surface area contributed by atoms with Crippen molar-refractivity contribution in [3.8, 4) is 0 Å². The van der Waals surface area contributed by atoms with E-state index in [0.29, 0.717) is 12.8 Å². The summed E-state index contributed by atoms with van der Waals surface area (Å²) in [6.07, 6.45) is 5.26. The molecule has 0 aromatic carbocycles. The van der Waals surface area contributed by atoms with Gasteiger partial charge in [0.2, 0.25) is 0 Å². The second-order valence-electron chi connectivity index (χ2n) is 11.0. The van der Waals surface area contributed by atoms with Crippen LogP contribution in [0.4, 0.5) is 4.39 Å². The van der Waals surface area contributed by atoms with Crippen LogP contribution < -0.4 is 0 Å². The third-order valence-corrected chi connectivity index (χ3v) is 10.6. The summed E-state index contributed by atoms with van der Waals surface area (Å²) in [6, 6.07) is 1.34. The average molecular weight is 489 g/mol. The number of fused-ring (bicyclic) bond motifs is 7. The summed E-state index contributed by atoms with van der Waals surface area (Å²) in [7, 11) is 0. The summed E-state index contributed by atoms with van der Waals surface area (Å²) in [6.45, 7) is 3.36. The largest absolute Gasteiger partial charge is 0.393 e. The quantitative estimate of drug-likeness (QED) is 0.677. The van der Waals surface area contributed by atoms with Crippen LogP contribution in [0, 0.1) is 34.4 Å². The van der Waals surface area contributed by atoms with E-state index in [-0.39, 0.29) is 28.4 Å². The van der Waals surface area contributed by atoms with Crippen molar-refractivity contribution in [1.29, 1.82) is 0 Å². The Balaban J connectivity index is 1.41. The molecule has 6 rings (SSSR count). The van der Waals surface area contributed by atoms with Crippen LogP contribution in [0.1, 0.15) is 50.7 Å². The highest BCUT2D eigenvalue weighted by atomic mass is 32.1. The number of thiophene rings is 1. The van der Waals surface area contributed by atoms with Crippen molar-refractivity contribution in [2.75, 3.05) is 6.61 Å². The van der Waals surface area contributed by atoms with Crippen molar-refractivity contribution >= 4 is 22.9 Å². The fourth-order valence-electron chi connectivity index (χ4n) is 8.28. The molecule has 34 heavy (non-hydrogen) atoms. The molecule has 2 heterocycles. The van der Waals surface area contributed by atoms with E-state index in [1.165, 1.54) is 17.4 Å². The number of halogens is 1. The number of Topliss-reactive ketones (excluding diaryl/α,β-unsaturated/α-hetero) is 1. The van der Waals surface area contributed by atoms with Crippen molar-refractivity contribution in [1.82, 2.24) is 0 Å². The van der Waals surface area contributed by atoms with E-state index < -0.39 is 53.1 Å². The third-order valence-electron chi connectivity index (χ3n) is 9.65. The van der Waals surface area contributed by atoms with Crippen LogP contribution in [-0.4, -0.2) is 46.2 Å². The molecular formula is C26H29FO6S. The van der Waals surface area contributed by atoms with Gasteiger partial charge >= 0.3 is 0 Å². The van der Waals surface area contributed by atoms with Gasteiger partial charge in [-0.15, -0.1) is 11.3 Å². The number of allylic oxidation sites excluding steroid dienone is 4. The SMILES string of the molecule is C[C@]12C=CC(=O)C=C1CC[C@H]1C3C[C@H]4O[C@H](c5sccc5F)O[C@@]4(C(=O)CO)[C@@]3(C)C[C@H](O)[C@@H]12. The standard InChI is InChI=1S/C26H29FO6S/c1-24-7-5-14(29)9-13(24)3-4-15-16-10-20-26(19(31)12-28,25(16,2)11-18(30)21(15)24)33-23(32-20)22-17(27)6-8-34-22/h5-9,15-16,18,20-21,23,28,30H,3-4,10-12H2,1-2H3/t15-,16?,18-,20+,21+,23-,24-,25-,26+/m0/s1. The molecule has 182 valence electrons. The van der Waals surface area contributed by atoms with Crippen molar-refractivity contribution in [3.63, 3.8) is 0 Å². The van der Waals surface area contributed by atoms with E-state index in [4.69, 9.17) is 9.47 Å². The number of aliphatic hydroxyl groups excluding tert-OH is 2. The normalized spacial score (nSPS) is 47.0. The van der Waals surface area contributed by atoms with Crippen molar-refractivity contribution < 1.29 is 33.7 Å². The minimum Gasteiger partial charge on any atom is -0.393 e. The molecule has 0 amide bonds. The number of hydrogen-bond acceptors (Lipinski definition) is 7. The van der Waals surface area contributed by atoms with Gasteiger partial charge in [-0.25, -0.2) is 4.39 Å². The number of rotatable bonds is 3. The van der Waals surface area contributed by atoms with Crippen LogP contribution in [0.2, 0.25) is 0 Å². The minimum absolute atomic E-state index is 0.0138. The highest BCUT2D eigenvalue weighted by Crippen LogP contribution is 2.70. The lowest BCUT2D eigenvalue weighted by Crippen LogP contribution is -2.63. The molecule has 2 N–H and O–H groups in total. The molecule has 8 heteroatoms. The van der Waals surface area contributed by atoms with Gasteiger partial charge in [-0.2, -0.15) is 0 Å². The maximum Gasteiger partial charge on any atom is 0.197 e. The minimum atomic E-state index is -1.45. The first-order valence-corrected chi connectivity index (χ1v) is 12.9. The summed E-state index contributed by atoms with van der Waals surface area (Å²) in [5.74, 6) is -0.923. The van der Waals surface area contributed by atoms with Gasteiger partial charge in [0.15, 0.2) is 23.5 Å². The lowest BCUT2D eigenvalue weighted by Gasteiger charge is -2.59. The number of carbonyl (C=O) groups is 2. The second-order valence-corrected chi connectivity index (χ2v) is 11.9. The maximum absolute atomic E-state index is 14.4. The van der Waals surface area contributed by atoms with Crippen LogP contribution >= 0.6 is 11.3 Å². The Morgan fingerprint density at radius 2 is 2.15 bits per heavy atom. The fraction of sp³-hybridized carbons (Fsp3) is 0.615. The number of carbonyl (C=O) groups excluding carboxylic acids is 2. The van der Waals surface area contributed by atoms with Gasteiger partial charge in [-0.1, -0.05) is 25.5 Å². The third kappa shape index (κ3) is 2.69. The number of ether oxygens (including phenoxy) is 2. The van der Waals surface area contributed by atoms with Gasteiger partial charge in [0.05, 0.1) is 17.1 Å². The van der Waals surface area contributed by atoms with Crippen molar-refractivity contribution in [2.45, 2.75) is 63.6 Å². The van der Waals surface area contributed by atoms with E-state index in [9.17, 15) is 24.2 Å². The highest BCUT2D eigenvalue weighted by Gasteiger charge is 2.76. The predicted octanol–water partition coefficient (Wildman–Crippen LogP) is 3.49. The zero-order valence-corrected chi connectivity index (χ0v) is 20.0. The summed E-state index contributed by atoms with van der Waals surface area (Å²) in [5.41, 5.74) is -1.60. The molecule has 1 aromatic heterocycles. The van der Waals surface area contributed by atoms with Gasteiger partial charge < -0.3 is 19.7 Å². The van der Waals surface area contributed by atoms with E-state index in [1.807, 2.05) is 13.0 Å². The first-order valence-electron chi connectivity index (χ1n) is 12.0. The van der Waals surface area contributed by atoms with Crippen LogP contribution in [0.25, 0.3) is 0 Å². The lowest BCUT2D eigenvalue weighted by molar-refractivity contribution is -0.200. The molecular weight excluding hydrogens is 459 g/mol. The molecule has 9 atom stereocenters. The van der Waals surface area contributed by atoms with Gasteiger partial charge in [-0.05, 0) is 61.1 Å². The average Bonchev–Trinajstić information content (AvgIpc) is 3.45. The van der Waals surface area contributed by atoms with Crippen molar-refractivity contribution in [3.05, 3.63) is 45.9 Å². The summed E-state index contributed by atoms with van der Waals surface area (Å²) >= 11 is 1.17. The fourth-order valence-corrected chi connectivity index (χ4v) is 9.01. The number of ketones is 2. The van der Waals surface area contributed by atoms with E-state index in [1.54, 1.807) is 17.5 Å². The lowest BCUT2D eigenvalue weighted by atomic mass is 9.46. The van der Waals surface area contributed by atoms with Crippen LogP contribution in [0.15, 0.2) is 35.2 Å². The van der Waals surface area contributed by atoms with Gasteiger partial charge in [-0.3, -0.25) is 9.59 Å². The second kappa shape index (κ2) is 7.40. The molecule has 4 aliphatic carbocycles. The van der Waals surface area contributed by atoms with E-state index in [2.05, 4.69) is 6.92 Å². The molecule has 5 aliphatic rings. The van der Waals surface area contributed by atoms with Crippen LogP contribution in [0.3, 0.4) is 0 Å². The van der Waals surface area contributed by atoms with Gasteiger partial charge in [0, 0.05) is 16.7 Å². The maximum atomic E-state index is 14.4. The molecule has 0 spiro atoms. The molecule has 1 saturated heterocycles. The Morgan fingerprint density at radius 1 is 1.35 bits per heavy atom. The molecule has 4 fully saturated rings. The smallest absolute Gasteiger partial charge is 0.197 e. The van der Waals surface area contributed by atoms with Crippen LogP contribution in [-0.2, 0) is 19.1 Å². The molecule has 0 bridgehead atoms. The monoisotopic (exact) mass is 488 g/mol. The van der Waals surface area contributed by atoms with E-state index in [0.717, 1.165) is 18.4 Å². The molecule has 0 radical (unpaired) electrons. The Bertz CT molecular complexity index is 1130. The Hall–Kier alpha value is -1.71. The molecule has 1 aliphatic heterocycles. The Morgan fingerprint density at radius 3 is 2.85 bits per heavy atom. The number of aliphatic hydroxyl groups is 2. The topological polar surface area (TPSA) is 93.1 Å². The van der Waals surface area contributed by atoms with Crippen molar-refractivity contribution in [2.24, 2.45) is 28.6 Å². The Kier molecular flexibility index (Phi) is 4.95. The van der Waals surface area contributed by atoms with Gasteiger partial charge in [0.1, 0.15) is 12.4 Å². The molecule has 1 unspecified atom stereocenters. The number of hydrogen-bond donors (Lipinski definition) is 2. The molecule has 3 saturated carbocycles. The summed E-state index contributed by atoms with van der Waals surface area (Å²) in [5, 5.41) is 23.2. The van der Waals surface area contributed by atoms with Crippen LogP contribution in [0.5, 0.6) is 0 Å². The zero-order chi connectivity index (χ0) is 24.0. The molecule has 6 nitrogen and oxygen atoms in total. The summed E-state index contributed by atoms with van der Waals surface area (Å²) < 4.78 is 26.9. The predicted molar refractivity (Wildman–Crippen MR) is 121 cm³/mol. The first kappa shape index (κ1) is 22.7. The molecule has 1 aromatic rings.